The molecule has 0 unspecified atom stereocenters. The third-order valence-corrected chi connectivity index (χ3v) is 6.01. The molecular formula is C24H36N4. The van der Waals surface area contributed by atoms with E-state index < -0.39 is 0 Å². The van der Waals surface area contributed by atoms with Crippen LogP contribution in [0.2, 0.25) is 0 Å². The lowest BCUT2D eigenvalue weighted by molar-refractivity contribution is 0.00656. The lowest BCUT2D eigenvalue weighted by Gasteiger charge is -2.48. The Morgan fingerprint density at radius 1 is 0.750 bits per heavy atom. The second-order valence-electron chi connectivity index (χ2n) is 8.59. The maximum absolute atomic E-state index is 4.60. The normalized spacial score (nSPS) is 20.4. The molecule has 2 aromatic rings. The van der Waals surface area contributed by atoms with Crippen molar-refractivity contribution in [2.45, 2.75) is 90.6 Å². The monoisotopic (exact) mass is 380 g/mol. The lowest BCUT2D eigenvalue weighted by Crippen LogP contribution is -2.56. The van der Waals surface area contributed by atoms with Crippen molar-refractivity contribution in [3.05, 3.63) is 60.2 Å². The molecule has 1 aliphatic carbocycles. The minimum absolute atomic E-state index is 0.497. The number of nitrogens with zero attached hydrogens (tertiary/aromatic N) is 4. The van der Waals surface area contributed by atoms with Crippen LogP contribution in [0.3, 0.4) is 0 Å². The molecule has 1 fully saturated rings. The summed E-state index contributed by atoms with van der Waals surface area (Å²) in [5.74, 6) is 0. The smallest absolute Gasteiger partial charge is 0.0544 e. The molecule has 0 radical (unpaired) electrons. The Morgan fingerprint density at radius 3 is 1.50 bits per heavy atom. The maximum Gasteiger partial charge on any atom is 0.0544 e. The summed E-state index contributed by atoms with van der Waals surface area (Å²) in [6, 6.07) is 14.6. The zero-order chi connectivity index (χ0) is 19.9. The molecule has 2 atom stereocenters. The van der Waals surface area contributed by atoms with E-state index in [2.05, 4.69) is 71.7 Å². The summed E-state index contributed by atoms with van der Waals surface area (Å²) in [6.07, 6.45) is 8.99. The maximum atomic E-state index is 4.60. The Bertz CT molecular complexity index is 625. The van der Waals surface area contributed by atoms with Gasteiger partial charge in [0.1, 0.15) is 0 Å². The first kappa shape index (κ1) is 20.9. The lowest BCUT2D eigenvalue weighted by atomic mass is 9.86. The first-order valence-corrected chi connectivity index (χ1v) is 10.9. The fraction of sp³-hybridized carbons (Fsp3) is 0.583. The van der Waals surface area contributed by atoms with Crippen molar-refractivity contribution < 1.29 is 0 Å². The highest BCUT2D eigenvalue weighted by Crippen LogP contribution is 2.31. The molecule has 1 aliphatic rings. The minimum atomic E-state index is 0.497. The third kappa shape index (κ3) is 5.39. The van der Waals surface area contributed by atoms with Gasteiger partial charge in [-0.15, -0.1) is 0 Å². The van der Waals surface area contributed by atoms with Crippen molar-refractivity contribution in [1.29, 1.82) is 0 Å². The van der Waals surface area contributed by atoms with Crippen LogP contribution in [0.15, 0.2) is 48.8 Å². The molecule has 4 heteroatoms. The van der Waals surface area contributed by atoms with Crippen molar-refractivity contribution >= 4 is 0 Å². The van der Waals surface area contributed by atoms with E-state index in [9.17, 15) is 0 Å². The van der Waals surface area contributed by atoms with Crippen molar-refractivity contribution in [2.24, 2.45) is 0 Å². The topological polar surface area (TPSA) is 32.3 Å². The van der Waals surface area contributed by atoms with Crippen molar-refractivity contribution in [3.63, 3.8) is 0 Å². The molecular weight excluding hydrogens is 344 g/mol. The van der Waals surface area contributed by atoms with Gasteiger partial charge in [-0.3, -0.25) is 19.8 Å². The molecule has 0 saturated heterocycles. The van der Waals surface area contributed by atoms with Gasteiger partial charge in [0.25, 0.3) is 0 Å². The van der Waals surface area contributed by atoms with Crippen molar-refractivity contribution in [3.8, 4) is 0 Å². The second kappa shape index (κ2) is 10.1. The summed E-state index contributed by atoms with van der Waals surface area (Å²) in [7, 11) is 0. The van der Waals surface area contributed by atoms with Crippen LogP contribution < -0.4 is 0 Å². The van der Waals surface area contributed by atoms with E-state index in [0.717, 1.165) is 13.1 Å². The van der Waals surface area contributed by atoms with Gasteiger partial charge >= 0.3 is 0 Å². The summed E-state index contributed by atoms with van der Waals surface area (Å²) < 4.78 is 0. The Kier molecular flexibility index (Phi) is 7.57. The summed E-state index contributed by atoms with van der Waals surface area (Å²) in [5, 5.41) is 0. The Balaban J connectivity index is 1.83. The van der Waals surface area contributed by atoms with Crippen LogP contribution in [0, 0.1) is 0 Å². The van der Waals surface area contributed by atoms with E-state index in [1.165, 1.54) is 37.1 Å². The zero-order valence-electron chi connectivity index (χ0n) is 18.0. The van der Waals surface area contributed by atoms with E-state index in [4.69, 9.17) is 0 Å². The van der Waals surface area contributed by atoms with Crippen LogP contribution in [-0.2, 0) is 13.1 Å². The van der Waals surface area contributed by atoms with Gasteiger partial charge in [0.15, 0.2) is 0 Å². The summed E-state index contributed by atoms with van der Waals surface area (Å²) in [6.45, 7) is 11.2. The largest absolute Gasteiger partial charge is 0.291 e. The molecule has 0 amide bonds. The average Bonchev–Trinajstić information content (AvgIpc) is 2.71. The fourth-order valence-corrected chi connectivity index (χ4v) is 4.59. The number of hydrogen-bond donors (Lipinski definition) is 0. The summed E-state index contributed by atoms with van der Waals surface area (Å²) in [5.41, 5.74) is 2.34. The first-order chi connectivity index (χ1) is 13.6. The average molecular weight is 381 g/mol. The van der Waals surface area contributed by atoms with Gasteiger partial charge in [-0.25, -0.2) is 0 Å². The molecule has 28 heavy (non-hydrogen) atoms. The van der Waals surface area contributed by atoms with Gasteiger partial charge in [-0.05, 0) is 64.8 Å². The SMILES string of the molecule is CC(C)N(Cc1ccccn1)[C@@H]1CCCC[C@H]1N(Cc1ccccn1)C(C)C. The quantitative estimate of drug-likeness (QED) is 0.651. The predicted molar refractivity (Wildman–Crippen MR) is 116 cm³/mol. The highest BCUT2D eigenvalue weighted by molar-refractivity contribution is 5.07. The van der Waals surface area contributed by atoms with Gasteiger partial charge < -0.3 is 0 Å². The highest BCUT2D eigenvalue weighted by atomic mass is 15.3. The second-order valence-corrected chi connectivity index (χ2v) is 8.59. The zero-order valence-corrected chi connectivity index (χ0v) is 18.0. The molecule has 1 saturated carbocycles. The number of rotatable bonds is 8. The van der Waals surface area contributed by atoms with E-state index in [-0.39, 0.29) is 0 Å². The molecule has 4 nitrogen and oxygen atoms in total. The van der Waals surface area contributed by atoms with Crippen LogP contribution in [0.5, 0.6) is 0 Å². The molecule has 0 aromatic carbocycles. The van der Waals surface area contributed by atoms with Gasteiger partial charge in [0.05, 0.1) is 11.4 Å². The number of aromatic nitrogens is 2. The van der Waals surface area contributed by atoms with Crippen LogP contribution in [-0.4, -0.2) is 43.9 Å². The molecule has 0 aliphatic heterocycles. The summed E-state index contributed by atoms with van der Waals surface area (Å²) >= 11 is 0. The predicted octanol–water partition coefficient (Wildman–Crippen LogP) is 4.91. The van der Waals surface area contributed by atoms with Crippen LogP contribution in [0.1, 0.15) is 64.8 Å². The van der Waals surface area contributed by atoms with Gasteiger partial charge in [0, 0.05) is 49.7 Å². The Hall–Kier alpha value is -1.78. The van der Waals surface area contributed by atoms with Gasteiger partial charge in [0.2, 0.25) is 0 Å². The number of hydrogen-bond acceptors (Lipinski definition) is 4. The summed E-state index contributed by atoms with van der Waals surface area (Å²) in [4.78, 5) is 14.6. The van der Waals surface area contributed by atoms with Gasteiger partial charge in [-0.1, -0.05) is 25.0 Å². The highest BCUT2D eigenvalue weighted by Gasteiger charge is 2.36. The molecule has 2 heterocycles. The third-order valence-electron chi connectivity index (χ3n) is 6.01. The van der Waals surface area contributed by atoms with E-state index in [1.807, 2.05) is 24.5 Å². The molecule has 0 spiro atoms. The standard InChI is InChI=1S/C24H36N4/c1-19(2)27(17-21-11-7-9-15-25-21)23-13-5-6-14-24(23)28(20(3)4)18-22-12-8-10-16-26-22/h7-12,15-16,19-20,23-24H,5-6,13-14,17-18H2,1-4H3/t23-,24-/m1/s1. The fourth-order valence-electron chi connectivity index (χ4n) is 4.59. The van der Waals surface area contributed by atoms with Gasteiger partial charge in [-0.2, -0.15) is 0 Å². The minimum Gasteiger partial charge on any atom is -0.291 e. The Labute approximate surface area is 171 Å². The van der Waals surface area contributed by atoms with E-state index in [1.54, 1.807) is 0 Å². The van der Waals surface area contributed by atoms with E-state index >= 15 is 0 Å². The molecule has 3 rings (SSSR count). The Morgan fingerprint density at radius 2 is 1.18 bits per heavy atom. The van der Waals surface area contributed by atoms with Crippen LogP contribution in [0.4, 0.5) is 0 Å². The molecule has 2 aromatic heterocycles. The van der Waals surface area contributed by atoms with E-state index in [0.29, 0.717) is 24.2 Å². The molecule has 0 bridgehead atoms. The first-order valence-electron chi connectivity index (χ1n) is 10.9. The molecule has 152 valence electrons. The molecule has 0 N–H and O–H groups in total. The number of pyridine rings is 2. The van der Waals surface area contributed by atoms with Crippen molar-refractivity contribution in [1.82, 2.24) is 19.8 Å². The van der Waals surface area contributed by atoms with Crippen LogP contribution >= 0.6 is 0 Å². The van der Waals surface area contributed by atoms with Crippen LogP contribution in [0.25, 0.3) is 0 Å². The van der Waals surface area contributed by atoms with Crippen molar-refractivity contribution in [2.75, 3.05) is 0 Å².